The van der Waals surface area contributed by atoms with Crippen LogP contribution in [0.1, 0.15) is 32.6 Å². The first-order valence-electron chi connectivity index (χ1n) is 11.5. The molecule has 15 nitrogen and oxygen atoms in total. The molecule has 0 aromatic carbocycles. The monoisotopic (exact) mass is 534 g/mol. The summed E-state index contributed by atoms with van der Waals surface area (Å²) >= 11 is 0. The molecular weight excluding hydrogens is 503 g/mol. The first kappa shape index (κ1) is 28.3. The van der Waals surface area contributed by atoms with E-state index in [9.17, 15) is 37.8 Å². The van der Waals surface area contributed by atoms with Crippen molar-refractivity contribution in [2.24, 2.45) is 22.8 Å². The van der Waals surface area contributed by atoms with E-state index in [0.29, 0.717) is 6.42 Å². The van der Waals surface area contributed by atoms with Crippen molar-refractivity contribution in [3.05, 3.63) is 0 Å². The average molecular weight is 534 g/mol. The zero-order valence-electron chi connectivity index (χ0n) is 19.7. The van der Waals surface area contributed by atoms with E-state index in [0.717, 1.165) is 4.31 Å². The normalized spacial score (nSPS) is 32.9. The maximum Gasteiger partial charge on any atom is 0.527 e. The fourth-order valence-electron chi connectivity index (χ4n) is 4.75. The van der Waals surface area contributed by atoms with Crippen LogP contribution in [0, 0.1) is 11.3 Å². The second-order valence-electron chi connectivity index (χ2n) is 9.55. The Labute approximate surface area is 208 Å². The highest BCUT2D eigenvalue weighted by Crippen LogP contribution is 2.37. The highest BCUT2D eigenvalue weighted by molar-refractivity contribution is 7.86. The van der Waals surface area contributed by atoms with Gasteiger partial charge in [-0.05, 0) is 19.2 Å². The fourth-order valence-corrected chi connectivity index (χ4v) is 6.70. The zero-order valence-corrected chi connectivity index (χ0v) is 20.6. The van der Waals surface area contributed by atoms with Gasteiger partial charge in [-0.3, -0.25) is 19.2 Å². The van der Waals surface area contributed by atoms with Gasteiger partial charge < -0.3 is 36.1 Å². The molecule has 17 heteroatoms. The van der Waals surface area contributed by atoms with Crippen LogP contribution in [0.2, 0.25) is 6.32 Å². The molecule has 2 saturated heterocycles. The Bertz CT molecular complexity index is 1030. The Balaban J connectivity index is 1.62. The van der Waals surface area contributed by atoms with E-state index in [1.54, 1.807) is 6.92 Å². The number of rotatable bonds is 12. The first-order chi connectivity index (χ1) is 16.7. The number of carbonyl (C=O) groups is 4. The molecule has 1 aliphatic carbocycles. The molecule has 36 heavy (non-hydrogen) atoms. The summed E-state index contributed by atoms with van der Waals surface area (Å²) in [5.74, 6) is -6.53. The van der Waals surface area contributed by atoms with E-state index < -0.39 is 77.6 Å². The van der Waals surface area contributed by atoms with Crippen molar-refractivity contribution < 1.29 is 52.2 Å². The van der Waals surface area contributed by atoms with E-state index in [4.69, 9.17) is 25.9 Å². The topological polar surface area (TPSA) is 240 Å². The van der Waals surface area contributed by atoms with Crippen molar-refractivity contribution in [2.75, 3.05) is 26.2 Å². The van der Waals surface area contributed by atoms with Crippen LogP contribution in [0.5, 0.6) is 0 Å². The molecule has 1 saturated carbocycles. The third-order valence-corrected chi connectivity index (χ3v) is 9.15. The van der Waals surface area contributed by atoms with Crippen molar-refractivity contribution in [3.63, 3.8) is 0 Å². The minimum atomic E-state index is -4.00. The van der Waals surface area contributed by atoms with Gasteiger partial charge in [0.25, 0.3) is 10.2 Å². The van der Waals surface area contributed by atoms with Crippen LogP contribution in [0.25, 0.3) is 0 Å². The number of nitrogens with zero attached hydrogens (tertiary/aromatic N) is 2. The standard InChI is InChI=1S/C19H31BN4O11S/c1-2-24(13-6-12(13)21)36(32,33)23-8-11(19(22,9-23)16(29)30)4-3-5-20-34-10-18(15(27)28,7-14(25)26)17(31)35-20/h11-13H,2-10,21-22H2,1H3,(H,25,26)(H,27,28)(H,29,30)/t11-,12-,13-,18?,19-/m0/s1. The molecule has 0 radical (unpaired) electrons. The number of carbonyl (C=O) groups excluding carboxylic acids is 1. The van der Waals surface area contributed by atoms with E-state index in [-0.39, 0.29) is 44.3 Å². The maximum atomic E-state index is 13.2. The molecule has 3 aliphatic rings. The molecular formula is C19H31BN4O11S. The predicted molar refractivity (Wildman–Crippen MR) is 121 cm³/mol. The number of carboxylic acid groups (broad SMARTS) is 3. The lowest BCUT2D eigenvalue weighted by Crippen LogP contribution is -2.56. The lowest BCUT2D eigenvalue weighted by molar-refractivity contribution is -0.176. The number of carboxylic acids is 3. The van der Waals surface area contributed by atoms with E-state index in [1.165, 1.54) is 4.31 Å². The van der Waals surface area contributed by atoms with E-state index in [1.807, 2.05) is 0 Å². The SMILES string of the molecule is CCN([C@H]1C[C@@H]1N)S(=O)(=O)N1C[C@H](CCCB2OCC(CC(=O)O)(C(=O)O)C(=O)O2)[C@](N)(C(=O)O)C1. The second kappa shape index (κ2) is 10.2. The lowest BCUT2D eigenvalue weighted by Gasteiger charge is -2.33. The van der Waals surface area contributed by atoms with Gasteiger partial charge in [-0.1, -0.05) is 13.3 Å². The number of nitrogens with two attached hydrogens (primary N) is 2. The molecule has 2 aliphatic heterocycles. The lowest BCUT2D eigenvalue weighted by atomic mass is 9.74. The number of aliphatic carboxylic acids is 3. The molecule has 2 heterocycles. The summed E-state index contributed by atoms with van der Waals surface area (Å²) in [7, 11) is -5.16. The molecule has 0 spiro atoms. The average Bonchev–Trinajstić information content (AvgIpc) is 3.37. The Kier molecular flexibility index (Phi) is 8.02. The summed E-state index contributed by atoms with van der Waals surface area (Å²) in [6, 6.07) is -0.609. The fraction of sp³-hybridized carbons (Fsp3) is 0.789. The summed E-state index contributed by atoms with van der Waals surface area (Å²) < 4.78 is 39.0. The van der Waals surface area contributed by atoms with Gasteiger partial charge in [-0.2, -0.15) is 17.0 Å². The molecule has 7 N–H and O–H groups in total. The van der Waals surface area contributed by atoms with Crippen LogP contribution >= 0.6 is 0 Å². The van der Waals surface area contributed by atoms with Gasteiger partial charge in [0.15, 0.2) is 5.41 Å². The zero-order chi connectivity index (χ0) is 27.1. The van der Waals surface area contributed by atoms with Crippen LogP contribution in [0.3, 0.4) is 0 Å². The Morgan fingerprint density at radius 2 is 1.89 bits per heavy atom. The number of likely N-dealkylation sites (N-methyl/N-ethyl adjacent to an activating group) is 1. The van der Waals surface area contributed by atoms with Crippen LogP contribution < -0.4 is 11.5 Å². The highest BCUT2D eigenvalue weighted by atomic mass is 32.2. The maximum absolute atomic E-state index is 13.2. The largest absolute Gasteiger partial charge is 0.527 e. The van der Waals surface area contributed by atoms with Crippen LogP contribution in [-0.4, -0.2) is 107 Å². The van der Waals surface area contributed by atoms with Crippen molar-refractivity contribution >= 4 is 41.2 Å². The summed E-state index contributed by atoms with van der Waals surface area (Å²) in [4.78, 5) is 46.8. The summed E-state index contributed by atoms with van der Waals surface area (Å²) in [6.45, 7) is 0.606. The molecule has 0 amide bonds. The Morgan fingerprint density at radius 1 is 1.25 bits per heavy atom. The molecule has 5 atom stereocenters. The van der Waals surface area contributed by atoms with Crippen molar-refractivity contribution in [1.82, 2.24) is 8.61 Å². The van der Waals surface area contributed by atoms with Gasteiger partial charge in [0.1, 0.15) is 5.54 Å². The Morgan fingerprint density at radius 3 is 2.36 bits per heavy atom. The third-order valence-electron chi connectivity index (χ3n) is 7.10. The second-order valence-corrected chi connectivity index (χ2v) is 11.4. The molecule has 3 fully saturated rings. The first-order valence-corrected chi connectivity index (χ1v) is 12.9. The highest BCUT2D eigenvalue weighted by Gasteiger charge is 2.56. The van der Waals surface area contributed by atoms with Gasteiger partial charge in [0.05, 0.1) is 13.0 Å². The molecule has 0 aromatic heterocycles. The number of hydrogen-bond donors (Lipinski definition) is 5. The molecule has 0 bridgehead atoms. The smallest absolute Gasteiger partial charge is 0.509 e. The van der Waals surface area contributed by atoms with Crippen molar-refractivity contribution in [1.29, 1.82) is 0 Å². The van der Waals surface area contributed by atoms with Gasteiger partial charge in [-0.25, -0.2) is 0 Å². The molecule has 1 unspecified atom stereocenters. The van der Waals surface area contributed by atoms with E-state index >= 15 is 0 Å². The van der Waals surface area contributed by atoms with Gasteiger partial charge in [0.2, 0.25) is 0 Å². The quantitative estimate of drug-likeness (QED) is 0.132. The third kappa shape index (κ3) is 5.21. The van der Waals surface area contributed by atoms with Crippen LogP contribution in [-0.2, 0) is 38.7 Å². The Hall–Kier alpha value is -2.31. The van der Waals surface area contributed by atoms with E-state index in [2.05, 4.69) is 0 Å². The minimum absolute atomic E-state index is 0.0471. The van der Waals surface area contributed by atoms with Crippen LogP contribution in [0.15, 0.2) is 0 Å². The molecule has 202 valence electrons. The summed E-state index contributed by atoms with van der Waals surface area (Å²) in [6.07, 6.45) is -0.0689. The predicted octanol–water partition coefficient (Wildman–Crippen LogP) is -2.25. The van der Waals surface area contributed by atoms with Gasteiger partial charge in [-0.15, -0.1) is 0 Å². The van der Waals surface area contributed by atoms with Gasteiger partial charge >= 0.3 is 31.0 Å². The van der Waals surface area contributed by atoms with Crippen LogP contribution in [0.4, 0.5) is 0 Å². The van der Waals surface area contributed by atoms with Crippen molar-refractivity contribution in [2.45, 2.75) is 56.5 Å². The van der Waals surface area contributed by atoms with Crippen molar-refractivity contribution in [3.8, 4) is 0 Å². The molecule has 0 aromatic rings. The minimum Gasteiger partial charge on any atom is -0.509 e. The molecule has 3 rings (SSSR count). The summed E-state index contributed by atoms with van der Waals surface area (Å²) in [5.41, 5.74) is 7.78. The number of hydrogen-bond acceptors (Lipinski definition) is 10. The summed E-state index contributed by atoms with van der Waals surface area (Å²) in [5, 5.41) is 28.1. The van der Waals surface area contributed by atoms with Gasteiger partial charge in [0, 0.05) is 37.6 Å².